The summed E-state index contributed by atoms with van der Waals surface area (Å²) >= 11 is 0. The van der Waals surface area contributed by atoms with Gasteiger partial charge in [-0.2, -0.15) is 0 Å². The second kappa shape index (κ2) is 8.83. The fraction of sp³-hybridized carbons (Fsp3) is 0.138. The Kier molecular flexibility index (Phi) is 5.57. The van der Waals surface area contributed by atoms with Crippen LogP contribution in [0.25, 0.3) is 39.1 Å². The molecule has 1 atom stereocenters. The standard InChI is InChI=1S/C29H25N3O/c1-3-20(2)21-13-15-25(16-14-21)32-28(31-27-12-8-7-11-26(27)29(32)33)24-17-23(18-30-19-24)22-9-5-4-6-10-22/h4-20H,3H2,1-2H3. The van der Waals surface area contributed by atoms with Gasteiger partial charge in [0.1, 0.15) is 5.82 Å². The van der Waals surface area contributed by atoms with E-state index in [2.05, 4.69) is 43.1 Å². The summed E-state index contributed by atoms with van der Waals surface area (Å²) in [5.74, 6) is 1.05. The molecular formula is C29H25N3O. The van der Waals surface area contributed by atoms with Crippen molar-refractivity contribution in [2.24, 2.45) is 0 Å². The molecule has 0 saturated heterocycles. The molecule has 0 aliphatic heterocycles. The van der Waals surface area contributed by atoms with Gasteiger partial charge in [0.2, 0.25) is 0 Å². The summed E-state index contributed by atoms with van der Waals surface area (Å²) in [6, 6.07) is 27.9. The third kappa shape index (κ3) is 3.96. The molecule has 0 aliphatic carbocycles. The van der Waals surface area contributed by atoms with Crippen molar-refractivity contribution in [2.45, 2.75) is 26.2 Å². The first-order valence-corrected chi connectivity index (χ1v) is 11.3. The molecule has 0 spiro atoms. The van der Waals surface area contributed by atoms with Gasteiger partial charge in [0.05, 0.1) is 16.6 Å². The Balaban J connectivity index is 1.73. The molecule has 0 bridgehead atoms. The summed E-state index contributed by atoms with van der Waals surface area (Å²) < 4.78 is 1.70. The molecule has 2 heterocycles. The molecule has 162 valence electrons. The zero-order valence-electron chi connectivity index (χ0n) is 18.8. The number of nitrogens with zero attached hydrogens (tertiary/aromatic N) is 3. The van der Waals surface area contributed by atoms with Crippen LogP contribution in [0.3, 0.4) is 0 Å². The van der Waals surface area contributed by atoms with E-state index in [1.54, 1.807) is 10.8 Å². The molecule has 5 rings (SSSR count). The van der Waals surface area contributed by atoms with E-state index in [0.29, 0.717) is 22.6 Å². The Morgan fingerprint density at radius 2 is 1.52 bits per heavy atom. The number of hydrogen-bond acceptors (Lipinski definition) is 3. The molecule has 0 fully saturated rings. The maximum atomic E-state index is 13.7. The molecule has 5 aromatic rings. The van der Waals surface area contributed by atoms with Crippen LogP contribution in [0.2, 0.25) is 0 Å². The fourth-order valence-electron chi connectivity index (χ4n) is 4.10. The van der Waals surface area contributed by atoms with Crippen LogP contribution in [0, 0.1) is 0 Å². The van der Waals surface area contributed by atoms with E-state index in [9.17, 15) is 4.79 Å². The molecule has 0 aliphatic rings. The van der Waals surface area contributed by atoms with Crippen LogP contribution in [0.4, 0.5) is 0 Å². The molecular weight excluding hydrogens is 406 g/mol. The Labute approximate surface area is 193 Å². The number of para-hydroxylation sites is 1. The van der Waals surface area contributed by atoms with E-state index in [1.807, 2.05) is 66.9 Å². The minimum absolute atomic E-state index is 0.0861. The minimum Gasteiger partial charge on any atom is -0.268 e. The van der Waals surface area contributed by atoms with E-state index >= 15 is 0 Å². The number of pyridine rings is 1. The Morgan fingerprint density at radius 3 is 2.27 bits per heavy atom. The second-order valence-electron chi connectivity index (χ2n) is 8.32. The third-order valence-electron chi connectivity index (χ3n) is 6.21. The molecule has 4 heteroatoms. The third-order valence-corrected chi connectivity index (χ3v) is 6.21. The van der Waals surface area contributed by atoms with Crippen LogP contribution in [0.5, 0.6) is 0 Å². The van der Waals surface area contributed by atoms with E-state index in [4.69, 9.17) is 4.98 Å². The number of hydrogen-bond donors (Lipinski definition) is 0. The monoisotopic (exact) mass is 431 g/mol. The van der Waals surface area contributed by atoms with Crippen molar-refractivity contribution >= 4 is 10.9 Å². The van der Waals surface area contributed by atoms with Crippen molar-refractivity contribution in [3.63, 3.8) is 0 Å². The lowest BCUT2D eigenvalue weighted by molar-refractivity contribution is 0.733. The second-order valence-corrected chi connectivity index (χ2v) is 8.32. The Hall–Kier alpha value is -4.05. The quantitative estimate of drug-likeness (QED) is 0.314. The first-order valence-electron chi connectivity index (χ1n) is 11.3. The molecule has 1 unspecified atom stereocenters. The average Bonchev–Trinajstić information content (AvgIpc) is 2.89. The van der Waals surface area contributed by atoms with E-state index in [0.717, 1.165) is 28.8 Å². The summed E-state index contributed by atoms with van der Waals surface area (Å²) in [6.45, 7) is 4.39. The number of aromatic nitrogens is 3. The highest BCUT2D eigenvalue weighted by molar-refractivity contribution is 5.81. The summed E-state index contributed by atoms with van der Waals surface area (Å²) in [5.41, 5.74) is 5.49. The van der Waals surface area contributed by atoms with E-state index in [1.165, 1.54) is 5.56 Å². The van der Waals surface area contributed by atoms with Gasteiger partial charge in [-0.1, -0.05) is 68.4 Å². The van der Waals surface area contributed by atoms with Crippen LogP contribution in [-0.4, -0.2) is 14.5 Å². The van der Waals surface area contributed by atoms with Gasteiger partial charge in [0, 0.05) is 23.5 Å². The van der Waals surface area contributed by atoms with Crippen molar-refractivity contribution in [3.05, 3.63) is 113 Å². The summed E-state index contributed by atoms with van der Waals surface area (Å²) in [5, 5.41) is 0.597. The number of benzene rings is 3. The minimum atomic E-state index is -0.0861. The van der Waals surface area contributed by atoms with Crippen molar-refractivity contribution in [1.82, 2.24) is 14.5 Å². The predicted octanol–water partition coefficient (Wildman–Crippen LogP) is 6.63. The maximum absolute atomic E-state index is 13.7. The lowest BCUT2D eigenvalue weighted by Gasteiger charge is -2.16. The lowest BCUT2D eigenvalue weighted by atomic mass is 9.98. The molecule has 4 nitrogen and oxygen atoms in total. The summed E-state index contributed by atoms with van der Waals surface area (Å²) in [4.78, 5) is 23.0. The van der Waals surface area contributed by atoms with Gasteiger partial charge in [-0.05, 0) is 53.8 Å². The lowest BCUT2D eigenvalue weighted by Crippen LogP contribution is -2.22. The van der Waals surface area contributed by atoms with Crippen LogP contribution >= 0.6 is 0 Å². The number of fused-ring (bicyclic) bond motifs is 1. The van der Waals surface area contributed by atoms with Crippen molar-refractivity contribution in [1.29, 1.82) is 0 Å². The van der Waals surface area contributed by atoms with Gasteiger partial charge >= 0.3 is 0 Å². The van der Waals surface area contributed by atoms with Crippen molar-refractivity contribution < 1.29 is 0 Å². The average molecular weight is 432 g/mol. The molecule has 0 amide bonds. The van der Waals surface area contributed by atoms with Gasteiger partial charge < -0.3 is 0 Å². The van der Waals surface area contributed by atoms with Gasteiger partial charge in [-0.25, -0.2) is 4.98 Å². The van der Waals surface area contributed by atoms with Crippen LogP contribution in [0.1, 0.15) is 31.7 Å². The summed E-state index contributed by atoms with van der Waals surface area (Å²) in [7, 11) is 0. The molecule has 0 saturated carbocycles. The SMILES string of the molecule is CCC(C)c1ccc(-n2c(-c3cncc(-c4ccccc4)c3)nc3ccccc3c2=O)cc1. The molecule has 3 aromatic carbocycles. The molecule has 0 N–H and O–H groups in total. The topological polar surface area (TPSA) is 47.8 Å². The van der Waals surface area contributed by atoms with Crippen molar-refractivity contribution in [2.75, 3.05) is 0 Å². The highest BCUT2D eigenvalue weighted by atomic mass is 16.1. The highest BCUT2D eigenvalue weighted by Crippen LogP contribution is 2.27. The maximum Gasteiger partial charge on any atom is 0.266 e. The van der Waals surface area contributed by atoms with Gasteiger partial charge in [0.15, 0.2) is 0 Å². The van der Waals surface area contributed by atoms with Gasteiger partial charge in [-0.15, -0.1) is 0 Å². The van der Waals surface area contributed by atoms with E-state index < -0.39 is 0 Å². The fourth-order valence-corrected chi connectivity index (χ4v) is 4.10. The molecule has 2 aromatic heterocycles. The van der Waals surface area contributed by atoms with Crippen molar-refractivity contribution in [3.8, 4) is 28.2 Å². The normalized spacial score (nSPS) is 12.1. The first-order chi connectivity index (χ1) is 16.2. The predicted molar refractivity (Wildman–Crippen MR) is 135 cm³/mol. The largest absolute Gasteiger partial charge is 0.268 e. The Bertz CT molecular complexity index is 1470. The smallest absolute Gasteiger partial charge is 0.266 e. The van der Waals surface area contributed by atoms with Crippen LogP contribution < -0.4 is 5.56 Å². The highest BCUT2D eigenvalue weighted by Gasteiger charge is 2.16. The molecule has 33 heavy (non-hydrogen) atoms. The summed E-state index contributed by atoms with van der Waals surface area (Å²) in [6.07, 6.45) is 4.68. The van der Waals surface area contributed by atoms with E-state index in [-0.39, 0.29) is 5.56 Å². The first kappa shape index (κ1) is 20.8. The van der Waals surface area contributed by atoms with Gasteiger partial charge in [-0.3, -0.25) is 14.3 Å². The number of rotatable bonds is 5. The van der Waals surface area contributed by atoms with Gasteiger partial charge in [0.25, 0.3) is 5.56 Å². The Morgan fingerprint density at radius 1 is 0.818 bits per heavy atom. The molecule has 0 radical (unpaired) electrons. The van der Waals surface area contributed by atoms with Crippen LogP contribution in [0.15, 0.2) is 102 Å². The zero-order valence-corrected chi connectivity index (χ0v) is 18.8. The zero-order chi connectivity index (χ0) is 22.8. The van der Waals surface area contributed by atoms with Crippen LogP contribution in [-0.2, 0) is 0 Å².